The number of unbranched alkanes of at least 4 members (excludes halogenated alkanes) is 8. The Morgan fingerprint density at radius 3 is 0.909 bits per heavy atom. The van der Waals surface area contributed by atoms with E-state index in [4.69, 9.17) is 9.97 Å². The Kier molecular flexibility index (Phi) is 37.2. The van der Waals surface area contributed by atoms with Crippen LogP contribution in [0.15, 0.2) is 0 Å². The quantitative estimate of drug-likeness (QED) is 0.0587. The van der Waals surface area contributed by atoms with Crippen LogP contribution in [-0.4, -0.2) is 139 Å². The van der Waals surface area contributed by atoms with Crippen LogP contribution in [0.1, 0.15) is 158 Å². The van der Waals surface area contributed by atoms with E-state index in [-0.39, 0.29) is 32.7 Å². The van der Waals surface area contributed by atoms with Crippen LogP contribution in [0.2, 0.25) is 0 Å². The van der Waals surface area contributed by atoms with E-state index in [9.17, 15) is 0 Å². The smallest absolute Gasteiger partial charge is 0.231 e. The van der Waals surface area contributed by atoms with Gasteiger partial charge in [0.15, 0.2) is 23.8 Å². The SMILES string of the molecule is CCCCN(C)c1nc([N-]C)nc(N(CCCC)CCCC)n1.CCCCN(C)c1nc([N-]C)nc(NC)n1.CCCCN(CCCC)c1nc(NC)nc(N(CCCC)CCCC)n1.[Y]. The maximum Gasteiger partial charge on any atom is 0.231 e. The van der Waals surface area contributed by atoms with Crippen LogP contribution in [0.5, 0.6) is 0 Å². The van der Waals surface area contributed by atoms with Crippen molar-refractivity contribution in [3.63, 3.8) is 0 Å². The second-order valence-electron chi connectivity index (χ2n) is 16.3. The number of nitrogens with zero attached hydrogens (tertiary/aromatic N) is 16. The summed E-state index contributed by atoms with van der Waals surface area (Å²) >= 11 is 0. The summed E-state index contributed by atoms with van der Waals surface area (Å²) in [6, 6.07) is 0. The minimum Gasteiger partial charge on any atom is -0.397 e. The molecule has 0 aromatic carbocycles. The maximum atomic E-state index is 4.88. The van der Waals surface area contributed by atoms with Crippen molar-refractivity contribution < 1.29 is 32.7 Å². The monoisotopic (exact) mass is 998 g/mol. The summed E-state index contributed by atoms with van der Waals surface area (Å²) in [6.45, 7) is 25.6. The third-order valence-corrected chi connectivity index (χ3v) is 10.6. The van der Waals surface area contributed by atoms with Crippen molar-refractivity contribution in [1.29, 1.82) is 0 Å². The fourth-order valence-corrected chi connectivity index (χ4v) is 6.26. The van der Waals surface area contributed by atoms with Crippen LogP contribution >= 0.6 is 0 Å². The van der Waals surface area contributed by atoms with Gasteiger partial charge in [0.2, 0.25) is 17.8 Å². The fraction of sp³-hybridized carbons (Fsp3) is 0.809. The summed E-state index contributed by atoms with van der Waals surface area (Å²) in [5, 5.41) is 14.2. The molecule has 1 radical (unpaired) electrons. The van der Waals surface area contributed by atoms with Gasteiger partial charge in [0.05, 0.1) is 0 Å². The maximum absolute atomic E-state index is 4.88. The molecule has 0 aliphatic rings. The van der Waals surface area contributed by atoms with Gasteiger partial charge < -0.3 is 65.7 Å². The topological polar surface area (TPSA) is 184 Å². The number of nitrogens with one attached hydrogen (secondary N) is 2. The summed E-state index contributed by atoms with van der Waals surface area (Å²) in [5.41, 5.74) is 0. The number of hydrogen-bond donors (Lipinski definition) is 2. The number of aromatic nitrogens is 9. The number of rotatable bonds is 33. The van der Waals surface area contributed by atoms with Crippen molar-refractivity contribution in [2.24, 2.45) is 0 Å². The molecule has 3 rings (SSSR count). The van der Waals surface area contributed by atoms with Gasteiger partial charge in [-0.05, 0) is 65.5 Å². The summed E-state index contributed by atoms with van der Waals surface area (Å²) in [6.07, 6.45) is 18.6. The summed E-state index contributed by atoms with van der Waals surface area (Å²) < 4.78 is 0. The number of anilines is 7. The Hall–Kier alpha value is -3.67. The van der Waals surface area contributed by atoms with Gasteiger partial charge in [-0.15, -0.1) is 0 Å². The van der Waals surface area contributed by atoms with E-state index < -0.39 is 0 Å². The number of hydrogen-bond acceptors (Lipinski definition) is 16. The van der Waals surface area contributed by atoms with Gasteiger partial charge in [-0.1, -0.05) is 107 Å². The molecule has 0 aliphatic carbocycles. The van der Waals surface area contributed by atoms with Crippen molar-refractivity contribution >= 4 is 53.5 Å². The Bertz CT molecular complexity index is 1540. The minimum atomic E-state index is 0. The normalized spacial score (nSPS) is 10.4. The Morgan fingerprint density at radius 2 is 0.591 bits per heavy atom. The van der Waals surface area contributed by atoms with E-state index in [1.54, 1.807) is 21.1 Å². The first kappa shape index (κ1) is 62.3. The van der Waals surface area contributed by atoms with E-state index in [0.29, 0.717) is 29.7 Å². The zero-order valence-corrected chi connectivity index (χ0v) is 47.0. The van der Waals surface area contributed by atoms with Crippen molar-refractivity contribution in [1.82, 2.24) is 44.9 Å². The van der Waals surface area contributed by atoms with E-state index >= 15 is 0 Å². The fourth-order valence-electron chi connectivity index (χ4n) is 6.26. The van der Waals surface area contributed by atoms with Gasteiger partial charge in [-0.25, -0.2) is 9.97 Å². The second kappa shape index (κ2) is 39.3. The van der Waals surface area contributed by atoms with Crippen molar-refractivity contribution in [3.05, 3.63) is 10.6 Å². The zero-order chi connectivity index (χ0) is 48.2. The molecule has 0 unspecified atom stereocenters. The molecule has 19 heteroatoms. The third kappa shape index (κ3) is 24.9. The van der Waals surface area contributed by atoms with Crippen LogP contribution in [-0.2, 0) is 32.7 Å². The molecule has 66 heavy (non-hydrogen) atoms. The van der Waals surface area contributed by atoms with Gasteiger partial charge in [-0.3, -0.25) is 0 Å². The van der Waals surface area contributed by atoms with Gasteiger partial charge in [0, 0.05) is 125 Å². The first-order valence-electron chi connectivity index (χ1n) is 25.1. The molecule has 0 spiro atoms. The molecule has 3 aromatic rings. The first-order chi connectivity index (χ1) is 31.6. The Labute approximate surface area is 427 Å². The summed E-state index contributed by atoms with van der Waals surface area (Å²) in [5.74, 6) is 5.98. The average Bonchev–Trinajstić information content (AvgIpc) is 3.34. The van der Waals surface area contributed by atoms with Gasteiger partial charge in [-0.2, -0.15) is 15.0 Å². The standard InChI is InChI=1S/C20H40N6.C17H33N6.C10H19N6.Y/c1-6-10-14-25(15-11-7-2)19-22-18(21-5)23-20(24-19)26(16-12-8-3)17-13-9-4;1-6-9-12-22(5)16-19-15(18-4)20-17(21-16)23(13-10-7-2)14-11-8-3;1-5-6-7-16(4)10-14-8(11-2)13-9(12-3)15-10;/h6-17H2,1-5H3,(H,21,22,23,24);6-14H2,1-5H3;5-7H2,1-4H3,(H-,11,12,13,14,15);/q;2*-1;. The second-order valence-corrected chi connectivity index (χ2v) is 16.3. The van der Waals surface area contributed by atoms with Crippen LogP contribution in [0.25, 0.3) is 10.6 Å². The Morgan fingerprint density at radius 1 is 0.348 bits per heavy atom. The first-order valence-corrected chi connectivity index (χ1v) is 25.1. The molecule has 0 aliphatic heterocycles. The van der Waals surface area contributed by atoms with Gasteiger partial charge in [0.25, 0.3) is 0 Å². The van der Waals surface area contributed by atoms with E-state index in [2.05, 4.69) is 131 Å². The molecule has 3 aromatic heterocycles. The molecule has 0 fully saturated rings. The van der Waals surface area contributed by atoms with Crippen LogP contribution in [0.3, 0.4) is 0 Å². The average molecular weight is 998 g/mol. The Balaban J connectivity index is 0.000000978. The van der Waals surface area contributed by atoms with Crippen LogP contribution in [0.4, 0.5) is 53.5 Å². The zero-order valence-electron chi connectivity index (χ0n) is 44.2. The van der Waals surface area contributed by atoms with Crippen molar-refractivity contribution in [2.45, 2.75) is 158 Å². The molecule has 0 amide bonds. The van der Waals surface area contributed by atoms with E-state index in [0.717, 1.165) is 140 Å². The molecule has 2 N–H and O–H groups in total. The third-order valence-electron chi connectivity index (χ3n) is 10.6. The summed E-state index contributed by atoms with van der Waals surface area (Å²) in [7, 11) is 11.1. The van der Waals surface area contributed by atoms with E-state index in [1.165, 1.54) is 38.5 Å². The molecule has 0 bridgehead atoms. The molecule has 0 saturated heterocycles. The largest absolute Gasteiger partial charge is 0.397 e. The molecule has 375 valence electrons. The summed E-state index contributed by atoms with van der Waals surface area (Å²) in [4.78, 5) is 51.6. The molecule has 0 atom stereocenters. The predicted octanol–water partition coefficient (Wildman–Crippen LogP) is 10.7. The van der Waals surface area contributed by atoms with Gasteiger partial charge in [0.1, 0.15) is 0 Å². The van der Waals surface area contributed by atoms with Crippen LogP contribution < -0.4 is 35.1 Å². The minimum absolute atomic E-state index is 0. The molecule has 3 heterocycles. The molecule has 0 saturated carbocycles. The molecular weight excluding hydrogens is 906 g/mol. The van der Waals surface area contributed by atoms with Crippen LogP contribution in [0, 0.1) is 0 Å². The van der Waals surface area contributed by atoms with E-state index in [1.807, 2.05) is 26.0 Å². The van der Waals surface area contributed by atoms with Crippen molar-refractivity contribution in [3.8, 4) is 0 Å². The van der Waals surface area contributed by atoms with Crippen molar-refractivity contribution in [2.75, 3.05) is 130 Å². The van der Waals surface area contributed by atoms with Gasteiger partial charge >= 0.3 is 0 Å². The predicted molar refractivity (Wildman–Crippen MR) is 279 cm³/mol. The molecular formula is C47H92N18Y-2. The molecule has 18 nitrogen and oxygen atoms in total.